The Hall–Kier alpha value is -1.55. The Morgan fingerprint density at radius 1 is 1.22 bits per heavy atom. The molecule has 0 saturated carbocycles. The Labute approximate surface area is 142 Å². The average molecular weight is 322 g/mol. The first-order chi connectivity index (χ1) is 10.6. The van der Waals surface area contributed by atoms with Crippen LogP contribution in [0.15, 0.2) is 36.6 Å². The molecule has 0 heterocycles. The van der Waals surface area contributed by atoms with E-state index in [0.717, 1.165) is 37.2 Å². The van der Waals surface area contributed by atoms with Gasteiger partial charge in [0.15, 0.2) is 0 Å². The minimum atomic E-state index is -0.227. The fraction of sp³-hybridized carbons (Fsp3) is 0.632. The molecule has 0 aromatic heterocycles. The molecule has 0 aliphatic carbocycles. The maximum absolute atomic E-state index is 11.6. The minimum absolute atomic E-state index is 0.0232. The second kappa shape index (κ2) is 10.3. The van der Waals surface area contributed by atoms with Gasteiger partial charge < -0.3 is 15.5 Å². The number of carbonyl (C=O) groups excluding carboxylic acids is 1. The van der Waals surface area contributed by atoms with Crippen molar-refractivity contribution >= 4 is 5.91 Å². The predicted octanol–water partition coefficient (Wildman–Crippen LogP) is 2.95. The number of nitrogens with one attached hydrogen (secondary N) is 2. The summed E-state index contributed by atoms with van der Waals surface area (Å²) in [5.41, 5.74) is 2.02. The lowest BCUT2D eigenvalue weighted by Gasteiger charge is -2.28. The number of likely N-dealkylation sites (N-methyl/N-ethyl adjacent to an activating group) is 1. The third kappa shape index (κ3) is 8.60. The number of hydrogen-bond acceptors (Lipinski definition) is 3. The van der Waals surface area contributed by atoms with E-state index in [1.807, 2.05) is 33.2 Å². The lowest BCUT2D eigenvalue weighted by Crippen LogP contribution is -2.26. The molecule has 132 valence electrons. The van der Waals surface area contributed by atoms with Gasteiger partial charge in [-0.3, -0.25) is 4.79 Å². The van der Waals surface area contributed by atoms with E-state index in [-0.39, 0.29) is 11.8 Å². The van der Waals surface area contributed by atoms with Gasteiger partial charge in [-0.05, 0) is 50.4 Å². The van der Waals surface area contributed by atoms with E-state index in [2.05, 4.69) is 42.5 Å². The molecule has 0 aromatic rings. The van der Waals surface area contributed by atoms with Crippen molar-refractivity contribution in [2.45, 2.75) is 33.6 Å². The Balaban J connectivity index is 4.42. The van der Waals surface area contributed by atoms with Crippen LogP contribution < -0.4 is 10.6 Å². The number of hydrogen-bond donors (Lipinski definition) is 2. The number of allylic oxidation sites excluding steroid dienone is 2. The molecule has 0 saturated heterocycles. The van der Waals surface area contributed by atoms with Gasteiger partial charge in [-0.1, -0.05) is 33.1 Å². The van der Waals surface area contributed by atoms with Crippen LogP contribution in [0.2, 0.25) is 0 Å². The molecule has 1 atom stereocenters. The van der Waals surface area contributed by atoms with E-state index in [4.69, 9.17) is 0 Å². The van der Waals surface area contributed by atoms with Crippen molar-refractivity contribution in [3.05, 3.63) is 36.6 Å². The fourth-order valence-corrected chi connectivity index (χ4v) is 2.06. The number of carbonyl (C=O) groups is 1. The molecule has 0 rings (SSSR count). The molecule has 0 aliphatic rings. The summed E-state index contributed by atoms with van der Waals surface area (Å²) in [6.45, 7) is 16.5. The van der Waals surface area contributed by atoms with E-state index in [1.54, 1.807) is 7.05 Å². The zero-order valence-corrected chi connectivity index (χ0v) is 15.8. The van der Waals surface area contributed by atoms with Gasteiger partial charge in [0, 0.05) is 26.3 Å². The molecular weight excluding hydrogens is 286 g/mol. The summed E-state index contributed by atoms with van der Waals surface area (Å²) in [5.74, 6) is -0.250. The summed E-state index contributed by atoms with van der Waals surface area (Å²) in [7, 11) is 5.67. The van der Waals surface area contributed by atoms with Gasteiger partial charge in [-0.2, -0.15) is 0 Å². The topological polar surface area (TPSA) is 44.4 Å². The van der Waals surface area contributed by atoms with E-state index in [9.17, 15) is 4.79 Å². The summed E-state index contributed by atoms with van der Waals surface area (Å²) in [6, 6.07) is 0. The fourth-order valence-electron chi connectivity index (χ4n) is 2.06. The molecule has 2 N–H and O–H groups in total. The second-order valence-electron chi connectivity index (χ2n) is 6.92. The molecule has 4 nitrogen and oxygen atoms in total. The zero-order valence-electron chi connectivity index (χ0n) is 15.8. The van der Waals surface area contributed by atoms with Crippen LogP contribution in [0.4, 0.5) is 0 Å². The van der Waals surface area contributed by atoms with E-state index < -0.39 is 0 Å². The number of amides is 1. The molecule has 4 heteroatoms. The number of nitrogens with zero attached hydrogens (tertiary/aromatic N) is 1. The van der Waals surface area contributed by atoms with E-state index >= 15 is 0 Å². The summed E-state index contributed by atoms with van der Waals surface area (Å²) in [6.07, 6.45) is 6.07. The van der Waals surface area contributed by atoms with Crippen molar-refractivity contribution in [3.63, 3.8) is 0 Å². The molecule has 0 bridgehead atoms. The maximum Gasteiger partial charge on any atom is 0.226 e. The summed E-state index contributed by atoms with van der Waals surface area (Å²) < 4.78 is 0. The highest BCUT2D eigenvalue weighted by Crippen LogP contribution is 2.25. The lowest BCUT2D eigenvalue weighted by atomic mass is 9.85. The van der Waals surface area contributed by atoms with Gasteiger partial charge in [0.25, 0.3) is 0 Å². The Morgan fingerprint density at radius 3 is 2.35 bits per heavy atom. The number of rotatable bonds is 11. The van der Waals surface area contributed by atoms with Gasteiger partial charge >= 0.3 is 0 Å². The SMILES string of the molecule is C=C(/C=C\C(=C)N(C)CCC(C)(C)CCNC)C(C)C(=O)NC. The second-order valence-corrected chi connectivity index (χ2v) is 6.92. The van der Waals surface area contributed by atoms with Gasteiger partial charge in [-0.15, -0.1) is 0 Å². The van der Waals surface area contributed by atoms with Gasteiger partial charge in [0.2, 0.25) is 5.91 Å². The molecule has 0 radical (unpaired) electrons. The van der Waals surface area contributed by atoms with Crippen LogP contribution in [0.1, 0.15) is 33.6 Å². The van der Waals surface area contributed by atoms with Gasteiger partial charge in [-0.25, -0.2) is 0 Å². The zero-order chi connectivity index (χ0) is 18.0. The Morgan fingerprint density at radius 2 is 1.83 bits per heavy atom. The highest BCUT2D eigenvalue weighted by Gasteiger charge is 2.18. The smallest absolute Gasteiger partial charge is 0.226 e. The van der Waals surface area contributed by atoms with Crippen LogP contribution >= 0.6 is 0 Å². The van der Waals surface area contributed by atoms with Crippen LogP contribution in [-0.2, 0) is 4.79 Å². The van der Waals surface area contributed by atoms with Crippen molar-refractivity contribution in [2.24, 2.45) is 11.3 Å². The van der Waals surface area contributed by atoms with Crippen LogP contribution in [0, 0.1) is 11.3 Å². The summed E-state index contributed by atoms with van der Waals surface area (Å²) >= 11 is 0. The molecule has 1 amide bonds. The minimum Gasteiger partial charge on any atom is -0.375 e. The van der Waals surface area contributed by atoms with Crippen molar-refractivity contribution < 1.29 is 4.79 Å². The van der Waals surface area contributed by atoms with Crippen LogP contribution in [-0.4, -0.2) is 45.0 Å². The Kier molecular flexibility index (Phi) is 9.58. The first-order valence-corrected chi connectivity index (χ1v) is 8.27. The molecule has 0 aliphatic heterocycles. The van der Waals surface area contributed by atoms with Crippen LogP contribution in [0.5, 0.6) is 0 Å². The summed E-state index contributed by atoms with van der Waals surface area (Å²) in [5, 5.41) is 5.84. The highest BCUT2D eigenvalue weighted by molar-refractivity contribution is 5.81. The van der Waals surface area contributed by atoms with Crippen molar-refractivity contribution in [2.75, 3.05) is 34.2 Å². The van der Waals surface area contributed by atoms with E-state index in [1.165, 1.54) is 0 Å². The van der Waals surface area contributed by atoms with Crippen molar-refractivity contribution in [1.29, 1.82) is 0 Å². The maximum atomic E-state index is 11.6. The average Bonchev–Trinajstić information content (AvgIpc) is 2.53. The third-order valence-electron chi connectivity index (χ3n) is 4.35. The third-order valence-corrected chi connectivity index (χ3v) is 4.35. The standard InChI is InChI=1S/C19H35N3O/c1-15(17(3)18(23)21-7)9-10-16(2)22(8)14-12-19(4,5)11-13-20-6/h9-10,17,20H,1-2,11-14H2,3-8H3,(H,21,23)/b10-9-. The molecule has 23 heavy (non-hydrogen) atoms. The quantitative estimate of drug-likeness (QED) is 0.575. The first-order valence-electron chi connectivity index (χ1n) is 8.27. The lowest BCUT2D eigenvalue weighted by molar-refractivity contribution is -0.122. The molecule has 0 spiro atoms. The molecule has 1 unspecified atom stereocenters. The molecule has 0 aromatic carbocycles. The normalized spacial score (nSPS) is 13.0. The molecule has 0 fully saturated rings. The summed E-state index contributed by atoms with van der Waals surface area (Å²) in [4.78, 5) is 13.7. The van der Waals surface area contributed by atoms with Crippen LogP contribution in [0.25, 0.3) is 0 Å². The van der Waals surface area contributed by atoms with Gasteiger partial charge in [0.1, 0.15) is 0 Å². The molecular formula is C19H35N3O. The Bertz CT molecular complexity index is 438. The van der Waals surface area contributed by atoms with Crippen molar-refractivity contribution in [1.82, 2.24) is 15.5 Å². The first kappa shape index (κ1) is 21.4. The predicted molar refractivity (Wildman–Crippen MR) is 100 cm³/mol. The largest absolute Gasteiger partial charge is 0.375 e. The van der Waals surface area contributed by atoms with Crippen LogP contribution in [0.3, 0.4) is 0 Å². The monoisotopic (exact) mass is 321 g/mol. The van der Waals surface area contributed by atoms with Gasteiger partial charge in [0.05, 0.1) is 5.92 Å². The van der Waals surface area contributed by atoms with E-state index in [0.29, 0.717) is 5.41 Å². The highest BCUT2D eigenvalue weighted by atomic mass is 16.1. The van der Waals surface area contributed by atoms with Crippen molar-refractivity contribution in [3.8, 4) is 0 Å².